The molecule has 5 heteroatoms. The second kappa shape index (κ2) is 6.82. The van der Waals surface area contributed by atoms with Gasteiger partial charge in [0.15, 0.2) is 0 Å². The molecule has 19 heavy (non-hydrogen) atoms. The fraction of sp³-hybridized carbons (Fsp3) is 0.571. The highest BCUT2D eigenvalue weighted by atomic mass is 32.1. The van der Waals surface area contributed by atoms with Crippen LogP contribution in [0.4, 0.5) is 5.82 Å². The molecular weight excluding hydrogens is 256 g/mol. The van der Waals surface area contributed by atoms with Crippen LogP contribution in [0.2, 0.25) is 0 Å². The number of nitrogens with one attached hydrogen (secondary N) is 1. The first-order chi connectivity index (χ1) is 9.15. The maximum Gasteiger partial charge on any atom is 0.126 e. The van der Waals surface area contributed by atoms with Crippen LogP contribution in [0.3, 0.4) is 0 Å². The van der Waals surface area contributed by atoms with Crippen molar-refractivity contribution in [2.24, 2.45) is 11.7 Å². The number of hydrogen-bond acceptors (Lipinski definition) is 4. The average Bonchev–Trinajstić information content (AvgIpc) is 2.89. The van der Waals surface area contributed by atoms with Gasteiger partial charge in [0.05, 0.1) is 0 Å². The summed E-state index contributed by atoms with van der Waals surface area (Å²) in [5, 5.41) is 3.36. The van der Waals surface area contributed by atoms with Crippen molar-refractivity contribution in [2.45, 2.75) is 19.8 Å². The van der Waals surface area contributed by atoms with Gasteiger partial charge in [-0.2, -0.15) is 0 Å². The predicted octanol–water partition coefficient (Wildman–Crippen LogP) is 1.86. The molecule has 1 atom stereocenters. The van der Waals surface area contributed by atoms with Gasteiger partial charge in [-0.15, -0.1) is 0 Å². The van der Waals surface area contributed by atoms with Crippen molar-refractivity contribution in [2.75, 3.05) is 31.5 Å². The van der Waals surface area contributed by atoms with Crippen LogP contribution in [-0.2, 0) is 0 Å². The molecule has 2 heterocycles. The van der Waals surface area contributed by atoms with Crippen molar-refractivity contribution in [3.63, 3.8) is 0 Å². The van der Waals surface area contributed by atoms with Crippen LogP contribution in [-0.4, -0.2) is 41.1 Å². The van der Waals surface area contributed by atoms with E-state index < -0.39 is 0 Å². The van der Waals surface area contributed by atoms with Crippen LogP contribution >= 0.6 is 12.2 Å². The molecule has 0 saturated carbocycles. The first-order valence-corrected chi connectivity index (χ1v) is 7.28. The minimum Gasteiger partial charge on any atom is -0.389 e. The van der Waals surface area contributed by atoms with E-state index in [9.17, 15) is 0 Å². The Hall–Kier alpha value is -1.20. The Morgan fingerprint density at radius 2 is 2.26 bits per heavy atom. The molecular formula is C14H22N4S. The Bertz CT molecular complexity index is 429. The Morgan fingerprint density at radius 3 is 2.95 bits per heavy atom. The molecule has 0 spiro atoms. The lowest BCUT2D eigenvalue weighted by molar-refractivity contribution is 0.294. The molecule has 3 N–H and O–H groups in total. The summed E-state index contributed by atoms with van der Waals surface area (Å²) < 4.78 is 0. The first-order valence-electron chi connectivity index (χ1n) is 6.87. The summed E-state index contributed by atoms with van der Waals surface area (Å²) in [6, 6.07) is 3.74. The Balaban J connectivity index is 1.80. The lowest BCUT2D eigenvalue weighted by Crippen LogP contribution is -2.29. The molecule has 0 radical (unpaired) electrons. The van der Waals surface area contributed by atoms with Crippen molar-refractivity contribution in [3.8, 4) is 0 Å². The third-order valence-electron chi connectivity index (χ3n) is 3.44. The summed E-state index contributed by atoms with van der Waals surface area (Å²) in [5.74, 6) is 1.45. The van der Waals surface area contributed by atoms with Crippen LogP contribution in [0, 0.1) is 5.92 Å². The zero-order valence-corrected chi connectivity index (χ0v) is 12.2. The number of thiocarbonyl (C=S) groups is 1. The van der Waals surface area contributed by atoms with Crippen molar-refractivity contribution >= 4 is 23.0 Å². The van der Waals surface area contributed by atoms with Crippen molar-refractivity contribution in [1.82, 2.24) is 9.88 Å². The molecule has 0 aliphatic carbocycles. The second-order valence-electron chi connectivity index (χ2n) is 5.29. The molecule has 2 rings (SSSR count). The van der Waals surface area contributed by atoms with Gasteiger partial charge in [-0.1, -0.05) is 19.1 Å². The number of anilines is 1. The van der Waals surface area contributed by atoms with Crippen LogP contribution in [0.25, 0.3) is 0 Å². The van der Waals surface area contributed by atoms with E-state index in [0.29, 0.717) is 10.9 Å². The highest BCUT2D eigenvalue weighted by molar-refractivity contribution is 7.80. The van der Waals surface area contributed by atoms with Gasteiger partial charge in [0.2, 0.25) is 0 Å². The van der Waals surface area contributed by atoms with E-state index in [1.54, 1.807) is 6.20 Å². The van der Waals surface area contributed by atoms with Gasteiger partial charge >= 0.3 is 0 Å². The zero-order valence-electron chi connectivity index (χ0n) is 11.4. The van der Waals surface area contributed by atoms with E-state index in [2.05, 4.69) is 22.1 Å². The van der Waals surface area contributed by atoms with Crippen LogP contribution in [0.1, 0.15) is 25.3 Å². The number of rotatable bonds is 6. The molecule has 0 aromatic carbocycles. The molecule has 1 aromatic heterocycles. The van der Waals surface area contributed by atoms with E-state index in [4.69, 9.17) is 18.0 Å². The lowest BCUT2D eigenvalue weighted by atomic mass is 10.1. The maximum atomic E-state index is 5.62. The van der Waals surface area contributed by atoms with Gasteiger partial charge in [-0.3, -0.25) is 0 Å². The number of nitrogens with two attached hydrogens (primary N) is 1. The van der Waals surface area contributed by atoms with E-state index in [0.717, 1.165) is 24.5 Å². The highest BCUT2D eigenvalue weighted by Gasteiger charge is 2.14. The zero-order chi connectivity index (χ0) is 13.7. The minimum absolute atomic E-state index is 0.413. The Labute approximate surface area is 120 Å². The van der Waals surface area contributed by atoms with E-state index >= 15 is 0 Å². The van der Waals surface area contributed by atoms with Crippen molar-refractivity contribution < 1.29 is 0 Å². The summed E-state index contributed by atoms with van der Waals surface area (Å²) in [6.45, 7) is 6.84. The van der Waals surface area contributed by atoms with E-state index in [-0.39, 0.29) is 0 Å². The molecule has 1 fully saturated rings. The number of aromatic nitrogens is 1. The van der Waals surface area contributed by atoms with Crippen molar-refractivity contribution in [3.05, 3.63) is 23.9 Å². The quantitative estimate of drug-likeness (QED) is 0.778. The molecule has 104 valence electrons. The number of nitrogens with zero attached hydrogens (tertiary/aromatic N) is 2. The lowest BCUT2D eigenvalue weighted by Gasteiger charge is -2.20. The van der Waals surface area contributed by atoms with Crippen LogP contribution < -0.4 is 11.1 Å². The molecule has 1 saturated heterocycles. The van der Waals surface area contributed by atoms with Gasteiger partial charge < -0.3 is 16.0 Å². The van der Waals surface area contributed by atoms with Gasteiger partial charge in [-0.05, 0) is 44.0 Å². The first kappa shape index (κ1) is 14.2. The summed E-state index contributed by atoms with van der Waals surface area (Å²) in [6.07, 6.45) is 4.43. The van der Waals surface area contributed by atoms with Gasteiger partial charge in [0.25, 0.3) is 0 Å². The Morgan fingerprint density at radius 1 is 1.53 bits per heavy atom. The molecule has 1 unspecified atom stereocenters. The largest absolute Gasteiger partial charge is 0.389 e. The molecule has 1 aromatic rings. The summed E-state index contributed by atoms with van der Waals surface area (Å²) in [7, 11) is 0. The summed E-state index contributed by atoms with van der Waals surface area (Å²) in [4.78, 5) is 7.23. The highest BCUT2D eigenvalue weighted by Crippen LogP contribution is 2.12. The monoisotopic (exact) mass is 278 g/mol. The molecule has 0 amide bonds. The van der Waals surface area contributed by atoms with Crippen LogP contribution in [0.15, 0.2) is 18.3 Å². The summed E-state index contributed by atoms with van der Waals surface area (Å²) >= 11 is 4.97. The molecule has 1 aliphatic heterocycles. The second-order valence-corrected chi connectivity index (χ2v) is 5.73. The molecule has 1 aliphatic rings. The third kappa shape index (κ3) is 4.44. The van der Waals surface area contributed by atoms with Gasteiger partial charge in [0.1, 0.15) is 10.8 Å². The van der Waals surface area contributed by atoms with Gasteiger partial charge in [0, 0.05) is 24.8 Å². The molecule has 4 nitrogen and oxygen atoms in total. The summed E-state index contributed by atoms with van der Waals surface area (Å²) in [5.41, 5.74) is 6.48. The standard InChI is InChI=1S/C14H22N4S/c1-11(10-18-6-2-3-7-18)9-17-13-8-12(14(15)19)4-5-16-13/h4-5,8,11H,2-3,6-7,9-10H2,1H3,(H2,15,19)(H,16,17). The number of hydrogen-bond donors (Lipinski definition) is 2. The predicted molar refractivity (Wildman–Crippen MR) is 83.5 cm³/mol. The van der Waals surface area contributed by atoms with E-state index in [1.807, 2.05) is 12.1 Å². The van der Waals surface area contributed by atoms with Crippen molar-refractivity contribution in [1.29, 1.82) is 0 Å². The number of pyridine rings is 1. The minimum atomic E-state index is 0.413. The third-order valence-corrected chi connectivity index (χ3v) is 3.68. The topological polar surface area (TPSA) is 54.2 Å². The molecule has 0 bridgehead atoms. The smallest absolute Gasteiger partial charge is 0.126 e. The maximum absolute atomic E-state index is 5.62. The fourth-order valence-electron chi connectivity index (χ4n) is 2.43. The SMILES string of the molecule is CC(CNc1cc(C(N)=S)ccn1)CN1CCCC1. The number of likely N-dealkylation sites (tertiary alicyclic amines) is 1. The Kier molecular flexibility index (Phi) is 5.10. The normalized spacial score (nSPS) is 17.3. The average molecular weight is 278 g/mol. The van der Waals surface area contributed by atoms with Crippen LogP contribution in [0.5, 0.6) is 0 Å². The fourth-order valence-corrected chi connectivity index (χ4v) is 2.56. The van der Waals surface area contributed by atoms with E-state index in [1.165, 1.54) is 25.9 Å². The van der Waals surface area contributed by atoms with Gasteiger partial charge in [-0.25, -0.2) is 4.98 Å².